The molecule has 1 amide bonds. The minimum Gasteiger partial charge on any atom is -0.460 e. The van der Waals surface area contributed by atoms with E-state index in [4.69, 9.17) is 9.15 Å². The van der Waals surface area contributed by atoms with Crippen LogP contribution in [0.2, 0.25) is 0 Å². The van der Waals surface area contributed by atoms with Crippen LogP contribution in [0.5, 0.6) is 0 Å². The van der Waals surface area contributed by atoms with Crippen molar-refractivity contribution in [2.75, 3.05) is 46.4 Å². The van der Waals surface area contributed by atoms with Crippen molar-refractivity contribution in [2.24, 2.45) is 5.92 Å². The summed E-state index contributed by atoms with van der Waals surface area (Å²) in [5.41, 5.74) is 0.973. The van der Waals surface area contributed by atoms with E-state index in [0.29, 0.717) is 19.2 Å². The predicted octanol–water partition coefficient (Wildman–Crippen LogP) is 2.87. The number of rotatable bonds is 7. The fourth-order valence-corrected chi connectivity index (χ4v) is 4.75. The molecule has 2 saturated heterocycles. The van der Waals surface area contributed by atoms with Gasteiger partial charge in [-0.3, -0.25) is 14.6 Å². The van der Waals surface area contributed by atoms with Crippen LogP contribution in [0.1, 0.15) is 31.4 Å². The fourth-order valence-electron chi connectivity index (χ4n) is 4.75. The molecular weight excluding hydrogens is 366 g/mol. The lowest BCUT2D eigenvalue weighted by atomic mass is 9.93. The second-order valence-corrected chi connectivity index (χ2v) is 8.38. The number of para-hydroxylation sites is 1. The predicted molar refractivity (Wildman–Crippen MR) is 114 cm³/mol. The molecule has 2 fully saturated rings. The summed E-state index contributed by atoms with van der Waals surface area (Å²) in [4.78, 5) is 17.5. The van der Waals surface area contributed by atoms with Gasteiger partial charge in [-0.1, -0.05) is 18.2 Å². The van der Waals surface area contributed by atoms with E-state index in [1.807, 2.05) is 12.1 Å². The molecule has 2 aliphatic rings. The molecule has 0 radical (unpaired) electrons. The number of piperidine rings is 2. The summed E-state index contributed by atoms with van der Waals surface area (Å²) >= 11 is 0. The van der Waals surface area contributed by atoms with Gasteiger partial charge in [0.25, 0.3) is 0 Å². The number of hydrogen-bond acceptors (Lipinski definition) is 5. The summed E-state index contributed by atoms with van der Waals surface area (Å²) in [5.74, 6) is 1.36. The number of methoxy groups -OCH3 is 1. The van der Waals surface area contributed by atoms with Crippen LogP contribution >= 0.6 is 0 Å². The first-order valence-corrected chi connectivity index (χ1v) is 10.9. The van der Waals surface area contributed by atoms with Crippen LogP contribution in [0.4, 0.5) is 0 Å². The Balaban J connectivity index is 1.25. The summed E-state index contributed by atoms with van der Waals surface area (Å²) in [6.07, 6.45) is 4.44. The molecule has 2 aliphatic heterocycles. The van der Waals surface area contributed by atoms with Gasteiger partial charge < -0.3 is 14.5 Å². The lowest BCUT2D eigenvalue weighted by Crippen LogP contribution is -2.50. The molecule has 0 bridgehead atoms. The Hall–Kier alpha value is -1.89. The third-order valence-electron chi connectivity index (χ3n) is 6.36. The molecule has 158 valence electrons. The highest BCUT2D eigenvalue weighted by Gasteiger charge is 2.31. The van der Waals surface area contributed by atoms with E-state index in [2.05, 4.69) is 33.3 Å². The topological polar surface area (TPSA) is 58.0 Å². The Kier molecular flexibility index (Phi) is 6.85. The van der Waals surface area contributed by atoms with Crippen LogP contribution in [0.25, 0.3) is 11.0 Å². The van der Waals surface area contributed by atoms with Crippen molar-refractivity contribution in [1.82, 2.24) is 15.1 Å². The Morgan fingerprint density at radius 2 is 2.03 bits per heavy atom. The molecule has 4 rings (SSSR count). The zero-order valence-electron chi connectivity index (χ0n) is 17.4. The Morgan fingerprint density at radius 1 is 1.21 bits per heavy atom. The number of carbonyl (C=O) groups is 1. The van der Waals surface area contributed by atoms with Crippen LogP contribution in [0.15, 0.2) is 34.7 Å². The molecule has 0 spiro atoms. The van der Waals surface area contributed by atoms with Gasteiger partial charge in [0.05, 0.1) is 19.1 Å². The monoisotopic (exact) mass is 399 g/mol. The van der Waals surface area contributed by atoms with Crippen molar-refractivity contribution in [3.05, 3.63) is 36.1 Å². The van der Waals surface area contributed by atoms with Crippen molar-refractivity contribution in [1.29, 1.82) is 0 Å². The summed E-state index contributed by atoms with van der Waals surface area (Å²) in [6.45, 7) is 6.25. The van der Waals surface area contributed by atoms with Gasteiger partial charge >= 0.3 is 0 Å². The summed E-state index contributed by atoms with van der Waals surface area (Å²) in [7, 11) is 1.66. The van der Waals surface area contributed by atoms with Gasteiger partial charge in [0, 0.05) is 44.7 Å². The third kappa shape index (κ3) is 5.18. The first kappa shape index (κ1) is 20.4. The number of amides is 1. The van der Waals surface area contributed by atoms with E-state index in [9.17, 15) is 4.79 Å². The van der Waals surface area contributed by atoms with Gasteiger partial charge in [-0.2, -0.15) is 0 Å². The van der Waals surface area contributed by atoms with Crippen molar-refractivity contribution in [3.63, 3.8) is 0 Å². The largest absolute Gasteiger partial charge is 0.460 e. The van der Waals surface area contributed by atoms with E-state index >= 15 is 0 Å². The number of furan rings is 1. The van der Waals surface area contributed by atoms with E-state index in [0.717, 1.165) is 69.8 Å². The Morgan fingerprint density at radius 3 is 2.83 bits per heavy atom. The molecular formula is C23H33N3O3. The van der Waals surface area contributed by atoms with Gasteiger partial charge in [0.1, 0.15) is 11.3 Å². The Labute approximate surface area is 173 Å². The van der Waals surface area contributed by atoms with E-state index in [-0.39, 0.29) is 11.8 Å². The second-order valence-electron chi connectivity index (χ2n) is 8.38. The summed E-state index contributed by atoms with van der Waals surface area (Å²) in [6, 6.07) is 11.0. The van der Waals surface area contributed by atoms with Crippen molar-refractivity contribution in [3.8, 4) is 0 Å². The maximum Gasteiger partial charge on any atom is 0.224 e. The first-order chi connectivity index (χ1) is 14.2. The van der Waals surface area contributed by atoms with Crippen LogP contribution in [0.3, 0.4) is 0 Å². The number of nitrogens with zero attached hydrogens (tertiary/aromatic N) is 2. The molecule has 1 N–H and O–H groups in total. The van der Waals surface area contributed by atoms with Crippen LogP contribution in [0, 0.1) is 5.92 Å². The second kappa shape index (κ2) is 9.74. The van der Waals surface area contributed by atoms with E-state index in [1.165, 1.54) is 5.39 Å². The Bertz CT molecular complexity index is 765. The first-order valence-electron chi connectivity index (χ1n) is 10.9. The van der Waals surface area contributed by atoms with Gasteiger partial charge in [0.2, 0.25) is 5.91 Å². The normalized spacial score (nSPS) is 22.2. The lowest BCUT2D eigenvalue weighted by molar-refractivity contribution is -0.127. The molecule has 1 aromatic carbocycles. The van der Waals surface area contributed by atoms with Gasteiger partial charge in [-0.15, -0.1) is 0 Å². The zero-order valence-corrected chi connectivity index (χ0v) is 17.4. The molecule has 1 aromatic heterocycles. The number of nitrogens with one attached hydrogen (secondary N) is 1. The maximum absolute atomic E-state index is 12.4. The van der Waals surface area contributed by atoms with Crippen LogP contribution in [-0.4, -0.2) is 68.2 Å². The van der Waals surface area contributed by atoms with E-state index < -0.39 is 0 Å². The lowest BCUT2D eigenvalue weighted by Gasteiger charge is -2.41. The SMILES string of the molecule is COCCNC(=O)[C@@H]1CCCN(C2CCN(Cc3cc4ccccc4o3)CC2)C1. The van der Waals surface area contributed by atoms with Crippen LogP contribution < -0.4 is 5.32 Å². The standard InChI is InChI=1S/C23H33N3O3/c1-28-14-10-24-23(27)19-6-4-11-26(16-19)20-8-12-25(13-9-20)17-21-15-18-5-2-3-7-22(18)29-21/h2-3,5,7,15,19-20H,4,6,8-14,16-17H2,1H3,(H,24,27)/t19-/m1/s1. The van der Waals surface area contributed by atoms with E-state index in [1.54, 1.807) is 7.11 Å². The van der Waals surface area contributed by atoms with Gasteiger partial charge in [0.15, 0.2) is 0 Å². The molecule has 2 aromatic rings. The number of ether oxygens (including phenoxy) is 1. The molecule has 29 heavy (non-hydrogen) atoms. The minimum absolute atomic E-state index is 0.120. The van der Waals surface area contributed by atoms with Crippen molar-refractivity contribution >= 4 is 16.9 Å². The number of fused-ring (bicyclic) bond motifs is 1. The molecule has 0 saturated carbocycles. The van der Waals surface area contributed by atoms with Crippen molar-refractivity contribution < 1.29 is 13.9 Å². The molecule has 0 aliphatic carbocycles. The highest BCUT2D eigenvalue weighted by Crippen LogP contribution is 2.26. The molecule has 6 nitrogen and oxygen atoms in total. The molecule has 0 unspecified atom stereocenters. The van der Waals surface area contributed by atoms with Crippen molar-refractivity contribution in [2.45, 2.75) is 38.3 Å². The van der Waals surface area contributed by atoms with Gasteiger partial charge in [-0.25, -0.2) is 0 Å². The summed E-state index contributed by atoms with van der Waals surface area (Å²) < 4.78 is 11.0. The smallest absolute Gasteiger partial charge is 0.224 e. The minimum atomic E-state index is 0.120. The molecule has 6 heteroatoms. The highest BCUT2D eigenvalue weighted by molar-refractivity contribution is 5.79. The number of likely N-dealkylation sites (tertiary alicyclic amines) is 2. The quantitative estimate of drug-likeness (QED) is 0.726. The maximum atomic E-state index is 12.4. The number of benzene rings is 1. The zero-order chi connectivity index (χ0) is 20.1. The summed E-state index contributed by atoms with van der Waals surface area (Å²) in [5, 5.41) is 4.19. The third-order valence-corrected chi connectivity index (χ3v) is 6.36. The average molecular weight is 400 g/mol. The van der Waals surface area contributed by atoms with Gasteiger partial charge in [-0.05, 0) is 44.4 Å². The average Bonchev–Trinajstić information content (AvgIpc) is 3.17. The number of hydrogen-bond donors (Lipinski definition) is 1. The fraction of sp³-hybridized carbons (Fsp3) is 0.609. The molecule has 3 heterocycles. The molecule has 1 atom stereocenters. The van der Waals surface area contributed by atoms with Crippen LogP contribution in [-0.2, 0) is 16.1 Å². The number of carbonyl (C=O) groups excluding carboxylic acids is 1. The highest BCUT2D eigenvalue weighted by atomic mass is 16.5.